The molecule has 4 heteroatoms. The number of aryl methyl sites for hydroxylation is 3. The number of benzene rings is 8. The topological polar surface area (TPSA) is 13.0 Å². The van der Waals surface area contributed by atoms with Crippen molar-refractivity contribution in [3.05, 3.63) is 253 Å². The third-order valence-corrected chi connectivity index (χ3v) is 11.6. The Hall–Kier alpha value is -7.56. The molecule has 62 heavy (non-hydrogen) atoms. The summed E-state index contributed by atoms with van der Waals surface area (Å²) in [6.45, 7) is 8.82. The highest BCUT2D eigenvalue weighted by Crippen LogP contribution is 2.44. The van der Waals surface area contributed by atoms with Gasteiger partial charge in [0.05, 0.1) is 0 Å². The van der Waals surface area contributed by atoms with Crippen molar-refractivity contribution in [2.75, 3.05) is 19.6 Å². The number of hydrogen-bond donors (Lipinski definition) is 0. The van der Waals surface area contributed by atoms with Crippen LogP contribution in [-0.4, -0.2) is 0 Å². The monoisotopic (exact) mass is 804 g/mol. The summed E-state index contributed by atoms with van der Waals surface area (Å²) in [7, 11) is 0. The molecule has 1 atom stereocenters. The molecule has 4 nitrogen and oxygen atoms in total. The molecule has 8 aromatic rings. The maximum Gasteiger partial charge on any atom is 0.0464 e. The molecular formula is C58H52N4. The molecule has 0 amide bonds. The Balaban J connectivity index is 1.15. The van der Waals surface area contributed by atoms with Crippen LogP contribution < -0.4 is 19.6 Å². The molecule has 0 aliphatic heterocycles. The Bertz CT molecular complexity index is 2680. The summed E-state index contributed by atoms with van der Waals surface area (Å²) in [5.74, 6) is 0.201. The van der Waals surface area contributed by atoms with Gasteiger partial charge in [-0.25, -0.2) is 0 Å². The fourth-order valence-electron chi connectivity index (χ4n) is 8.65. The van der Waals surface area contributed by atoms with E-state index in [1.54, 1.807) is 0 Å². The predicted octanol–water partition coefficient (Wildman–Crippen LogP) is 16.3. The minimum Gasteiger partial charge on any atom is -0.314 e. The average Bonchev–Trinajstić information content (AvgIpc) is 3.30. The molecule has 1 aliphatic carbocycles. The van der Waals surface area contributed by atoms with Crippen LogP contribution >= 0.6 is 0 Å². The van der Waals surface area contributed by atoms with E-state index in [0.717, 1.165) is 57.6 Å². The second-order valence-corrected chi connectivity index (χ2v) is 16.3. The number of allylic oxidation sites excluding steroid dienone is 4. The van der Waals surface area contributed by atoms with Crippen molar-refractivity contribution >= 4 is 56.9 Å². The van der Waals surface area contributed by atoms with Crippen molar-refractivity contribution in [1.29, 1.82) is 0 Å². The molecular weight excluding hydrogens is 753 g/mol. The van der Waals surface area contributed by atoms with Gasteiger partial charge < -0.3 is 19.6 Å². The first-order chi connectivity index (χ1) is 30.4. The van der Waals surface area contributed by atoms with Gasteiger partial charge in [0, 0.05) is 74.2 Å². The molecule has 8 aromatic carbocycles. The minimum atomic E-state index is 0.201. The lowest BCUT2D eigenvalue weighted by Gasteiger charge is -2.37. The first kappa shape index (κ1) is 39.9. The van der Waals surface area contributed by atoms with E-state index in [1.807, 2.05) is 0 Å². The first-order valence-corrected chi connectivity index (χ1v) is 21.6. The molecule has 0 spiro atoms. The largest absolute Gasteiger partial charge is 0.314 e. The van der Waals surface area contributed by atoms with Gasteiger partial charge >= 0.3 is 0 Å². The zero-order valence-electron chi connectivity index (χ0n) is 35.9. The highest BCUT2D eigenvalue weighted by atomic mass is 15.2. The third kappa shape index (κ3) is 8.54. The Labute approximate surface area is 367 Å². The average molecular weight is 805 g/mol. The van der Waals surface area contributed by atoms with Crippen molar-refractivity contribution in [3.63, 3.8) is 0 Å². The van der Waals surface area contributed by atoms with E-state index in [0.29, 0.717) is 0 Å². The lowest BCUT2D eigenvalue weighted by Crippen LogP contribution is -2.27. The highest BCUT2D eigenvalue weighted by Gasteiger charge is 2.27. The van der Waals surface area contributed by atoms with Crippen molar-refractivity contribution in [1.82, 2.24) is 0 Å². The van der Waals surface area contributed by atoms with Gasteiger partial charge in [-0.15, -0.1) is 0 Å². The Kier molecular flexibility index (Phi) is 11.6. The molecule has 0 fully saturated rings. The van der Waals surface area contributed by atoms with Crippen LogP contribution in [0.2, 0.25) is 0 Å². The summed E-state index contributed by atoms with van der Waals surface area (Å²) in [6.07, 6.45) is 5.53. The fourth-order valence-corrected chi connectivity index (χ4v) is 8.65. The quantitative estimate of drug-likeness (QED) is 0.122. The van der Waals surface area contributed by atoms with E-state index < -0.39 is 0 Å². The molecule has 0 bridgehead atoms. The van der Waals surface area contributed by atoms with Crippen LogP contribution in [0.4, 0.5) is 56.9 Å². The number of hydrogen-bond acceptors (Lipinski definition) is 4. The van der Waals surface area contributed by atoms with Gasteiger partial charge in [0.1, 0.15) is 0 Å². The van der Waals surface area contributed by atoms with E-state index in [4.69, 9.17) is 0 Å². The van der Waals surface area contributed by atoms with Crippen LogP contribution in [0, 0.1) is 26.7 Å². The zero-order chi connectivity index (χ0) is 42.4. The zero-order valence-corrected chi connectivity index (χ0v) is 35.9. The molecule has 0 saturated heterocycles. The van der Waals surface area contributed by atoms with Gasteiger partial charge in [0.2, 0.25) is 0 Å². The number of anilines is 10. The second kappa shape index (κ2) is 18.0. The predicted molar refractivity (Wildman–Crippen MR) is 264 cm³/mol. The number of para-hydroxylation sites is 3. The van der Waals surface area contributed by atoms with Crippen LogP contribution in [-0.2, 0) is 0 Å². The van der Waals surface area contributed by atoms with Crippen LogP contribution in [0.1, 0.15) is 30.0 Å². The van der Waals surface area contributed by atoms with E-state index in [-0.39, 0.29) is 5.92 Å². The standard InChI is InChI=1S/C58H52N4/c1-43-17-14-26-54(39-43)59(47-20-8-5-9-21-47)50-29-33-52(34-30-50)62(53-35-31-51(32-36-53)60(48-22-10-6-11-23-48)55-27-15-18-44(2)40-55)58-38-37-57(42-46(58)4)61(49-24-12-7-13-25-49)56-28-16-19-45(3)41-56/h5-41,46H,42H2,1-4H3. The van der Waals surface area contributed by atoms with Gasteiger partial charge in [-0.3, -0.25) is 0 Å². The minimum absolute atomic E-state index is 0.201. The normalized spacial score (nSPS) is 13.5. The van der Waals surface area contributed by atoms with E-state index in [1.165, 1.54) is 33.8 Å². The Morgan fingerprint density at radius 1 is 0.306 bits per heavy atom. The third-order valence-electron chi connectivity index (χ3n) is 11.6. The maximum absolute atomic E-state index is 2.45. The molecule has 1 aliphatic rings. The van der Waals surface area contributed by atoms with Crippen LogP contribution in [0.5, 0.6) is 0 Å². The van der Waals surface area contributed by atoms with Gasteiger partial charge in [-0.05, 0) is 177 Å². The van der Waals surface area contributed by atoms with Crippen molar-refractivity contribution in [3.8, 4) is 0 Å². The highest BCUT2D eigenvalue weighted by molar-refractivity contribution is 5.82. The van der Waals surface area contributed by atoms with Crippen molar-refractivity contribution in [2.45, 2.75) is 34.1 Å². The summed E-state index contributed by atoms with van der Waals surface area (Å²) >= 11 is 0. The molecule has 1 unspecified atom stereocenters. The smallest absolute Gasteiger partial charge is 0.0464 e. The fraction of sp³-hybridized carbons (Fsp3) is 0.103. The summed E-state index contributed by atoms with van der Waals surface area (Å²) < 4.78 is 0. The lowest BCUT2D eigenvalue weighted by molar-refractivity contribution is 0.640. The summed E-state index contributed by atoms with van der Waals surface area (Å²) in [5.41, 5.74) is 17.4. The molecule has 9 rings (SSSR count). The van der Waals surface area contributed by atoms with E-state index >= 15 is 0 Å². The Morgan fingerprint density at radius 2 is 0.613 bits per heavy atom. The molecule has 0 heterocycles. The molecule has 0 saturated carbocycles. The molecule has 0 aromatic heterocycles. The summed E-state index contributed by atoms with van der Waals surface area (Å²) in [6, 6.07) is 76.3. The van der Waals surface area contributed by atoms with Crippen molar-refractivity contribution < 1.29 is 0 Å². The van der Waals surface area contributed by atoms with E-state index in [9.17, 15) is 0 Å². The van der Waals surface area contributed by atoms with Gasteiger partial charge in [0.15, 0.2) is 0 Å². The molecule has 304 valence electrons. The van der Waals surface area contributed by atoms with Gasteiger partial charge in [0.25, 0.3) is 0 Å². The summed E-state index contributed by atoms with van der Waals surface area (Å²) in [4.78, 5) is 9.53. The Morgan fingerprint density at radius 3 is 0.968 bits per heavy atom. The second-order valence-electron chi connectivity index (χ2n) is 16.3. The van der Waals surface area contributed by atoms with Crippen LogP contribution in [0.15, 0.2) is 236 Å². The van der Waals surface area contributed by atoms with Crippen LogP contribution in [0.3, 0.4) is 0 Å². The first-order valence-electron chi connectivity index (χ1n) is 21.6. The van der Waals surface area contributed by atoms with E-state index in [2.05, 4.69) is 272 Å². The summed E-state index contributed by atoms with van der Waals surface area (Å²) in [5, 5.41) is 0. The number of nitrogens with zero attached hydrogens (tertiary/aromatic N) is 4. The SMILES string of the molecule is Cc1cccc(N(C2=CC=C(N(c3ccc(N(c4ccccc4)c4cccc(C)c4)cc3)c3ccc(N(c4ccccc4)c4cccc(C)c4)cc3)C(C)C2)c2ccccc2)c1. The molecule has 0 N–H and O–H groups in total. The molecule has 0 radical (unpaired) electrons. The van der Waals surface area contributed by atoms with Gasteiger partial charge in [-0.1, -0.05) is 97.9 Å². The van der Waals surface area contributed by atoms with Gasteiger partial charge in [-0.2, -0.15) is 0 Å². The van der Waals surface area contributed by atoms with Crippen molar-refractivity contribution in [2.24, 2.45) is 5.92 Å². The van der Waals surface area contributed by atoms with Crippen LogP contribution in [0.25, 0.3) is 0 Å². The lowest BCUT2D eigenvalue weighted by atomic mass is 9.93. The maximum atomic E-state index is 2.45. The number of rotatable bonds is 12.